The van der Waals surface area contributed by atoms with Crippen molar-refractivity contribution in [1.82, 2.24) is 28.9 Å². The second-order valence-corrected chi connectivity index (χ2v) is 11.4. The van der Waals surface area contributed by atoms with Gasteiger partial charge in [-0.3, -0.25) is 4.68 Å². The number of piperidine rings is 1. The standard InChI is InChI=1S/C26H25FN6O3S/c1-31-16-23(15-29-31)37(34,35)32-11-9-20-12-24-19(14-30-33(24)22-7-5-21(27)6-8-22)13-26(20,17-32)18-36-25-4-2-3-10-28-25/h2-8,10,12,14-16H,9,11,13,17-18H2,1H3/t26-/m1/s1. The Morgan fingerprint density at radius 1 is 1.11 bits per heavy atom. The number of benzene rings is 1. The fourth-order valence-electron chi connectivity index (χ4n) is 5.14. The van der Waals surface area contributed by atoms with Crippen LogP contribution >= 0.6 is 0 Å². The van der Waals surface area contributed by atoms with E-state index in [2.05, 4.69) is 21.3 Å². The first-order valence-electron chi connectivity index (χ1n) is 11.9. The summed E-state index contributed by atoms with van der Waals surface area (Å²) in [6.07, 6.45) is 9.52. The Morgan fingerprint density at radius 2 is 1.95 bits per heavy atom. The monoisotopic (exact) mass is 520 g/mol. The van der Waals surface area contributed by atoms with E-state index in [4.69, 9.17) is 4.74 Å². The summed E-state index contributed by atoms with van der Waals surface area (Å²) in [5, 5.41) is 8.63. The van der Waals surface area contributed by atoms with Crippen LogP contribution in [-0.4, -0.2) is 57.0 Å². The molecule has 6 rings (SSSR count). The summed E-state index contributed by atoms with van der Waals surface area (Å²) in [6.45, 7) is 0.856. The number of aryl methyl sites for hydroxylation is 1. The summed E-state index contributed by atoms with van der Waals surface area (Å²) in [5.41, 5.74) is 3.14. The van der Waals surface area contributed by atoms with Gasteiger partial charge in [0.2, 0.25) is 15.9 Å². The Morgan fingerprint density at radius 3 is 2.68 bits per heavy atom. The Kier molecular flexibility index (Phi) is 5.68. The fraction of sp³-hybridized carbons (Fsp3) is 0.269. The first-order valence-corrected chi connectivity index (χ1v) is 13.3. The smallest absolute Gasteiger partial charge is 0.246 e. The molecule has 4 heterocycles. The molecule has 0 N–H and O–H groups in total. The molecule has 3 aromatic heterocycles. The van der Waals surface area contributed by atoms with Gasteiger partial charge in [0.15, 0.2) is 0 Å². The predicted molar refractivity (Wildman–Crippen MR) is 134 cm³/mol. The third-order valence-electron chi connectivity index (χ3n) is 7.04. The highest BCUT2D eigenvalue weighted by Gasteiger charge is 2.47. The lowest BCUT2D eigenvalue weighted by Gasteiger charge is -2.45. The Labute approximate surface area is 213 Å². The molecule has 1 saturated heterocycles. The number of pyridine rings is 1. The minimum atomic E-state index is -3.74. The lowest BCUT2D eigenvalue weighted by Crippen LogP contribution is -2.51. The molecule has 4 aromatic rings. The molecule has 1 fully saturated rings. The van der Waals surface area contributed by atoms with E-state index in [1.165, 1.54) is 33.5 Å². The number of nitrogens with zero attached hydrogens (tertiary/aromatic N) is 6. The van der Waals surface area contributed by atoms with Gasteiger partial charge < -0.3 is 4.74 Å². The highest BCUT2D eigenvalue weighted by molar-refractivity contribution is 7.89. The fourth-order valence-corrected chi connectivity index (χ4v) is 6.66. The lowest BCUT2D eigenvalue weighted by atomic mass is 9.69. The maximum absolute atomic E-state index is 13.5. The number of sulfonamides is 1. The highest BCUT2D eigenvalue weighted by Crippen LogP contribution is 2.45. The third-order valence-corrected chi connectivity index (χ3v) is 8.84. The second-order valence-electron chi connectivity index (χ2n) is 9.46. The van der Waals surface area contributed by atoms with E-state index in [1.54, 1.807) is 42.3 Å². The van der Waals surface area contributed by atoms with Gasteiger partial charge >= 0.3 is 0 Å². The first-order chi connectivity index (χ1) is 17.8. The zero-order valence-electron chi connectivity index (χ0n) is 20.2. The second kappa shape index (κ2) is 8.93. The maximum atomic E-state index is 13.5. The molecular weight excluding hydrogens is 495 g/mol. The number of fused-ring (bicyclic) bond motifs is 2. The number of rotatable bonds is 6. The number of hydrogen-bond acceptors (Lipinski definition) is 6. The Hall–Kier alpha value is -3.83. The van der Waals surface area contributed by atoms with Crippen LogP contribution in [0.5, 0.6) is 5.88 Å². The number of halogens is 1. The number of ether oxygens (including phenoxy) is 1. The van der Waals surface area contributed by atoms with Crippen molar-refractivity contribution >= 4 is 16.1 Å². The van der Waals surface area contributed by atoms with Crippen molar-refractivity contribution in [1.29, 1.82) is 0 Å². The average molecular weight is 521 g/mol. The van der Waals surface area contributed by atoms with Gasteiger partial charge in [0.1, 0.15) is 17.3 Å². The van der Waals surface area contributed by atoms with Crippen molar-refractivity contribution < 1.29 is 17.5 Å². The SMILES string of the molecule is Cn1cc(S(=O)(=O)N2CCC3=Cc4c(cnn4-c4ccc(F)cc4)C[C@]3(COc3ccccn3)C2)cn1. The van der Waals surface area contributed by atoms with Gasteiger partial charge in [-0.1, -0.05) is 11.6 Å². The van der Waals surface area contributed by atoms with Crippen molar-refractivity contribution in [3.05, 3.63) is 89.9 Å². The van der Waals surface area contributed by atoms with Crippen molar-refractivity contribution in [3.8, 4) is 11.6 Å². The predicted octanol–water partition coefficient (Wildman–Crippen LogP) is 3.24. The van der Waals surface area contributed by atoms with E-state index < -0.39 is 15.4 Å². The number of aromatic nitrogens is 5. The number of hydrogen-bond donors (Lipinski definition) is 0. The first kappa shape index (κ1) is 23.6. The Balaban J connectivity index is 1.38. The summed E-state index contributed by atoms with van der Waals surface area (Å²) < 4.78 is 51.5. The molecule has 1 aliphatic carbocycles. The molecule has 37 heavy (non-hydrogen) atoms. The van der Waals surface area contributed by atoms with Gasteiger partial charge in [0.25, 0.3) is 0 Å². The zero-order chi connectivity index (χ0) is 25.6. The van der Waals surface area contributed by atoms with Gasteiger partial charge in [0.05, 0.1) is 23.8 Å². The summed E-state index contributed by atoms with van der Waals surface area (Å²) in [5.74, 6) is 0.173. The van der Waals surface area contributed by atoms with Crippen LogP contribution in [0.2, 0.25) is 0 Å². The highest BCUT2D eigenvalue weighted by atomic mass is 32.2. The average Bonchev–Trinajstić information content (AvgIpc) is 3.53. The summed E-state index contributed by atoms with van der Waals surface area (Å²) in [7, 11) is -2.04. The van der Waals surface area contributed by atoms with Gasteiger partial charge in [-0.2, -0.15) is 14.5 Å². The molecule has 0 saturated carbocycles. The van der Waals surface area contributed by atoms with Crippen molar-refractivity contribution in [2.24, 2.45) is 12.5 Å². The van der Waals surface area contributed by atoms with E-state index >= 15 is 0 Å². The van der Waals surface area contributed by atoms with Crippen LogP contribution in [0.3, 0.4) is 0 Å². The molecule has 0 radical (unpaired) electrons. The van der Waals surface area contributed by atoms with Gasteiger partial charge in [-0.25, -0.2) is 22.5 Å². The van der Waals surface area contributed by atoms with Crippen LogP contribution in [0, 0.1) is 11.2 Å². The van der Waals surface area contributed by atoms with Crippen LogP contribution < -0.4 is 4.74 Å². The largest absolute Gasteiger partial charge is 0.477 e. The van der Waals surface area contributed by atoms with E-state index in [0.717, 1.165) is 22.5 Å². The van der Waals surface area contributed by atoms with Crippen molar-refractivity contribution in [2.75, 3.05) is 19.7 Å². The molecule has 11 heteroatoms. The molecule has 1 aromatic carbocycles. The van der Waals surface area contributed by atoms with Crippen LogP contribution in [0.4, 0.5) is 4.39 Å². The third kappa shape index (κ3) is 4.23. The molecule has 2 aliphatic rings. The quantitative estimate of drug-likeness (QED) is 0.387. The Bertz CT molecular complexity index is 1580. The topological polar surface area (TPSA) is 95.1 Å². The molecular formula is C26H25FN6O3S. The van der Waals surface area contributed by atoms with Crippen LogP contribution in [0.1, 0.15) is 17.7 Å². The molecule has 190 valence electrons. The van der Waals surface area contributed by atoms with E-state index in [0.29, 0.717) is 25.3 Å². The maximum Gasteiger partial charge on any atom is 0.246 e. The molecule has 9 nitrogen and oxygen atoms in total. The van der Waals surface area contributed by atoms with Gasteiger partial charge in [-0.05, 0) is 54.8 Å². The van der Waals surface area contributed by atoms with Crippen molar-refractivity contribution in [2.45, 2.75) is 17.7 Å². The lowest BCUT2D eigenvalue weighted by molar-refractivity contribution is 0.122. The van der Waals surface area contributed by atoms with E-state index in [1.807, 2.05) is 12.1 Å². The molecule has 0 unspecified atom stereocenters. The molecule has 0 spiro atoms. The van der Waals surface area contributed by atoms with Crippen LogP contribution in [0.15, 0.2) is 77.7 Å². The van der Waals surface area contributed by atoms with E-state index in [9.17, 15) is 12.8 Å². The molecule has 1 atom stereocenters. The molecule has 1 aliphatic heterocycles. The van der Waals surface area contributed by atoms with Crippen molar-refractivity contribution in [3.63, 3.8) is 0 Å². The van der Waals surface area contributed by atoms with Crippen LogP contribution in [0.25, 0.3) is 11.8 Å². The summed E-state index contributed by atoms with van der Waals surface area (Å²) in [4.78, 5) is 4.45. The molecule has 0 bridgehead atoms. The minimum absolute atomic E-state index is 0.170. The van der Waals surface area contributed by atoms with E-state index in [-0.39, 0.29) is 23.9 Å². The van der Waals surface area contributed by atoms with Gasteiger partial charge in [0, 0.05) is 44.0 Å². The van der Waals surface area contributed by atoms with Crippen LogP contribution in [-0.2, 0) is 23.5 Å². The summed E-state index contributed by atoms with van der Waals surface area (Å²) >= 11 is 0. The minimum Gasteiger partial charge on any atom is -0.477 e. The zero-order valence-corrected chi connectivity index (χ0v) is 21.0. The normalized spacial score (nSPS) is 19.7. The molecule has 0 amide bonds. The summed E-state index contributed by atoms with van der Waals surface area (Å²) in [6, 6.07) is 11.6. The van der Waals surface area contributed by atoms with Gasteiger partial charge in [-0.15, -0.1) is 0 Å².